The van der Waals surface area contributed by atoms with Crippen LogP contribution < -0.4 is 10.6 Å². The molecule has 1 unspecified atom stereocenters. The summed E-state index contributed by atoms with van der Waals surface area (Å²) in [6.45, 7) is 2.69. The van der Waals surface area contributed by atoms with E-state index in [1.165, 1.54) is 0 Å². The van der Waals surface area contributed by atoms with E-state index in [0.29, 0.717) is 6.54 Å². The predicted octanol–water partition coefficient (Wildman–Crippen LogP) is 0.962. The zero-order valence-electron chi connectivity index (χ0n) is 8.77. The van der Waals surface area contributed by atoms with Gasteiger partial charge in [0.2, 0.25) is 0 Å². The van der Waals surface area contributed by atoms with Gasteiger partial charge in [-0.15, -0.1) is 0 Å². The zero-order chi connectivity index (χ0) is 10.6. The minimum Gasteiger partial charge on any atom is -0.394 e. The van der Waals surface area contributed by atoms with E-state index in [4.69, 9.17) is 10.8 Å². The number of aliphatic hydroxyl groups is 1. The second-order valence-electron chi connectivity index (χ2n) is 3.52. The molecule has 0 heterocycles. The molecule has 1 aromatic rings. The van der Waals surface area contributed by atoms with Crippen LogP contribution in [0.15, 0.2) is 24.3 Å². The van der Waals surface area contributed by atoms with Crippen molar-refractivity contribution in [1.82, 2.24) is 0 Å². The number of nitrogens with two attached hydrogens (primary N) is 1. The molecule has 0 fully saturated rings. The largest absolute Gasteiger partial charge is 0.394 e. The third-order valence-corrected chi connectivity index (χ3v) is 2.48. The monoisotopic (exact) mass is 194 g/mol. The van der Waals surface area contributed by atoms with E-state index in [2.05, 4.69) is 0 Å². The number of rotatable bonds is 4. The maximum absolute atomic E-state index is 9.03. The topological polar surface area (TPSA) is 49.5 Å². The number of likely N-dealkylation sites (N-methyl/N-ethyl adjacent to an activating group) is 1. The van der Waals surface area contributed by atoms with Crippen molar-refractivity contribution in [2.75, 3.05) is 18.6 Å². The lowest BCUT2D eigenvalue weighted by Gasteiger charge is -2.25. The number of benzene rings is 1. The summed E-state index contributed by atoms with van der Waals surface area (Å²) in [6, 6.07) is 8.18. The van der Waals surface area contributed by atoms with Crippen LogP contribution in [0.25, 0.3) is 0 Å². The Balaban J connectivity index is 2.83. The molecule has 3 N–H and O–H groups in total. The fourth-order valence-corrected chi connectivity index (χ4v) is 1.28. The van der Waals surface area contributed by atoms with Gasteiger partial charge in [0, 0.05) is 25.3 Å². The van der Waals surface area contributed by atoms with Crippen molar-refractivity contribution in [1.29, 1.82) is 0 Å². The molecule has 0 radical (unpaired) electrons. The Morgan fingerprint density at radius 2 is 2.21 bits per heavy atom. The Hall–Kier alpha value is -1.06. The second-order valence-corrected chi connectivity index (χ2v) is 3.52. The van der Waals surface area contributed by atoms with Gasteiger partial charge < -0.3 is 15.7 Å². The molecule has 0 aliphatic heterocycles. The number of hydrogen-bond acceptors (Lipinski definition) is 3. The predicted molar refractivity (Wildman–Crippen MR) is 59.3 cm³/mol. The van der Waals surface area contributed by atoms with Crippen LogP contribution in [0.1, 0.15) is 12.5 Å². The molecule has 0 aliphatic carbocycles. The fourth-order valence-electron chi connectivity index (χ4n) is 1.28. The summed E-state index contributed by atoms with van der Waals surface area (Å²) in [5.74, 6) is 0. The molecule has 0 aromatic heterocycles. The Labute approximate surface area is 85.2 Å². The average molecular weight is 194 g/mol. The third kappa shape index (κ3) is 2.47. The minimum atomic E-state index is 0.128. The summed E-state index contributed by atoms with van der Waals surface area (Å²) in [5, 5.41) is 9.03. The number of nitrogens with zero attached hydrogens (tertiary/aromatic N) is 1. The van der Waals surface area contributed by atoms with E-state index >= 15 is 0 Å². The lowest BCUT2D eigenvalue weighted by molar-refractivity contribution is 0.270. The molecule has 3 nitrogen and oxygen atoms in total. The van der Waals surface area contributed by atoms with Crippen molar-refractivity contribution in [3.05, 3.63) is 29.8 Å². The van der Waals surface area contributed by atoms with Crippen molar-refractivity contribution in [3.8, 4) is 0 Å². The standard InChI is InChI=1S/C11H18N2O/c1-9(8-14)13(2)11-5-3-4-10(6-11)7-12/h3-6,9,14H,7-8,12H2,1-2H3. The van der Waals surface area contributed by atoms with Gasteiger partial charge in [0.15, 0.2) is 0 Å². The van der Waals surface area contributed by atoms with Crippen molar-refractivity contribution in [2.24, 2.45) is 5.73 Å². The highest BCUT2D eigenvalue weighted by molar-refractivity contribution is 5.48. The second kappa shape index (κ2) is 4.98. The Bertz CT molecular complexity index is 288. The summed E-state index contributed by atoms with van der Waals surface area (Å²) < 4.78 is 0. The maximum atomic E-state index is 9.03. The lowest BCUT2D eigenvalue weighted by Crippen LogP contribution is -2.31. The van der Waals surface area contributed by atoms with Crippen LogP contribution in [0.5, 0.6) is 0 Å². The van der Waals surface area contributed by atoms with Crippen LogP contribution in [0, 0.1) is 0 Å². The first kappa shape index (κ1) is 11.0. The van der Waals surface area contributed by atoms with Crippen molar-refractivity contribution in [2.45, 2.75) is 19.5 Å². The molecule has 78 valence electrons. The summed E-state index contributed by atoms with van der Waals surface area (Å²) in [6.07, 6.45) is 0. The molecule has 0 saturated carbocycles. The molecule has 14 heavy (non-hydrogen) atoms. The molecular weight excluding hydrogens is 176 g/mol. The smallest absolute Gasteiger partial charge is 0.0632 e. The Morgan fingerprint density at radius 3 is 2.79 bits per heavy atom. The maximum Gasteiger partial charge on any atom is 0.0632 e. The van der Waals surface area contributed by atoms with E-state index < -0.39 is 0 Å². The fraction of sp³-hybridized carbons (Fsp3) is 0.455. The summed E-state index contributed by atoms with van der Waals surface area (Å²) >= 11 is 0. The highest BCUT2D eigenvalue weighted by Gasteiger charge is 2.08. The molecule has 0 spiro atoms. The van der Waals surface area contributed by atoms with Crippen LogP contribution in [0.3, 0.4) is 0 Å². The van der Waals surface area contributed by atoms with Crippen molar-refractivity contribution < 1.29 is 5.11 Å². The number of hydrogen-bond donors (Lipinski definition) is 2. The first-order valence-electron chi connectivity index (χ1n) is 4.81. The lowest BCUT2D eigenvalue weighted by atomic mass is 10.1. The Kier molecular flexibility index (Phi) is 3.92. The van der Waals surface area contributed by atoms with Gasteiger partial charge in [0.05, 0.1) is 6.61 Å². The third-order valence-electron chi connectivity index (χ3n) is 2.48. The zero-order valence-corrected chi connectivity index (χ0v) is 8.77. The number of anilines is 1. The highest BCUT2D eigenvalue weighted by Crippen LogP contribution is 2.16. The SMILES string of the molecule is CC(CO)N(C)c1cccc(CN)c1. The molecule has 1 rings (SSSR count). The first-order valence-corrected chi connectivity index (χ1v) is 4.81. The average Bonchev–Trinajstić information content (AvgIpc) is 2.27. The number of aliphatic hydroxyl groups excluding tert-OH is 1. The minimum absolute atomic E-state index is 0.128. The van der Waals surface area contributed by atoms with Crippen molar-refractivity contribution >= 4 is 5.69 Å². The normalized spacial score (nSPS) is 12.6. The van der Waals surface area contributed by atoms with Crippen LogP contribution in [-0.4, -0.2) is 24.8 Å². The van der Waals surface area contributed by atoms with E-state index in [0.717, 1.165) is 11.3 Å². The molecule has 0 amide bonds. The van der Waals surface area contributed by atoms with Gasteiger partial charge in [-0.3, -0.25) is 0 Å². The summed E-state index contributed by atoms with van der Waals surface area (Å²) in [7, 11) is 1.97. The van der Waals surface area contributed by atoms with Crippen LogP contribution in [-0.2, 0) is 6.54 Å². The van der Waals surface area contributed by atoms with Gasteiger partial charge in [0.25, 0.3) is 0 Å². The van der Waals surface area contributed by atoms with Crippen LogP contribution >= 0.6 is 0 Å². The molecule has 3 heteroatoms. The summed E-state index contributed by atoms with van der Waals surface area (Å²) in [4.78, 5) is 2.04. The van der Waals surface area contributed by atoms with Crippen LogP contribution in [0.2, 0.25) is 0 Å². The van der Waals surface area contributed by atoms with E-state index in [9.17, 15) is 0 Å². The Morgan fingerprint density at radius 1 is 1.50 bits per heavy atom. The molecule has 0 aliphatic rings. The molecule has 0 saturated heterocycles. The van der Waals surface area contributed by atoms with Gasteiger partial charge >= 0.3 is 0 Å². The van der Waals surface area contributed by atoms with E-state index in [-0.39, 0.29) is 12.6 Å². The quantitative estimate of drug-likeness (QED) is 0.750. The van der Waals surface area contributed by atoms with Gasteiger partial charge in [-0.1, -0.05) is 12.1 Å². The van der Waals surface area contributed by atoms with Gasteiger partial charge in [-0.25, -0.2) is 0 Å². The molecular formula is C11H18N2O. The first-order chi connectivity index (χ1) is 6.69. The highest BCUT2D eigenvalue weighted by atomic mass is 16.3. The van der Waals surface area contributed by atoms with Gasteiger partial charge in [-0.2, -0.15) is 0 Å². The van der Waals surface area contributed by atoms with E-state index in [1.54, 1.807) is 0 Å². The van der Waals surface area contributed by atoms with Crippen molar-refractivity contribution in [3.63, 3.8) is 0 Å². The van der Waals surface area contributed by atoms with Crippen LogP contribution in [0.4, 0.5) is 5.69 Å². The van der Waals surface area contributed by atoms with E-state index in [1.807, 2.05) is 43.1 Å². The molecule has 1 aromatic carbocycles. The molecule has 0 bridgehead atoms. The summed E-state index contributed by atoms with van der Waals surface area (Å²) in [5.41, 5.74) is 7.76. The van der Waals surface area contributed by atoms with Gasteiger partial charge in [0.1, 0.15) is 0 Å². The molecule has 1 atom stereocenters. The van der Waals surface area contributed by atoms with Gasteiger partial charge in [-0.05, 0) is 24.6 Å².